The van der Waals surface area contributed by atoms with Crippen molar-refractivity contribution in [2.75, 3.05) is 0 Å². The van der Waals surface area contributed by atoms with Crippen molar-refractivity contribution in [3.63, 3.8) is 0 Å². The van der Waals surface area contributed by atoms with Crippen LogP contribution in [0.3, 0.4) is 0 Å². The second-order valence-corrected chi connectivity index (χ2v) is 1.92. The molecule has 1 N–H and O–H groups in total. The van der Waals surface area contributed by atoms with E-state index in [9.17, 15) is 4.79 Å². The maximum atomic E-state index is 10.2. The third kappa shape index (κ3) is 7.96. The van der Waals surface area contributed by atoms with Gasteiger partial charge in [0, 0.05) is 23.8 Å². The standard InChI is InChI=1S/C6H12O3.Al/c1-2-3-4-5-6(7)9-8;/h8H,2-5H2,1H3;. The summed E-state index contributed by atoms with van der Waals surface area (Å²) >= 11 is 0. The van der Waals surface area contributed by atoms with Crippen molar-refractivity contribution in [1.82, 2.24) is 0 Å². The van der Waals surface area contributed by atoms with Gasteiger partial charge < -0.3 is 4.89 Å². The average Bonchev–Trinajstić information content (AvgIpc) is 1.89. The Hall–Kier alpha value is -0.0375. The lowest BCUT2D eigenvalue weighted by atomic mass is 10.2. The summed E-state index contributed by atoms with van der Waals surface area (Å²) in [5.74, 6) is -0.538. The molecular formula is C6H12AlO3. The van der Waals surface area contributed by atoms with Gasteiger partial charge in [0.25, 0.3) is 0 Å². The molecule has 0 atom stereocenters. The van der Waals surface area contributed by atoms with Crippen LogP contribution < -0.4 is 0 Å². The first-order chi connectivity index (χ1) is 4.31. The Morgan fingerprint density at radius 1 is 1.50 bits per heavy atom. The van der Waals surface area contributed by atoms with E-state index in [-0.39, 0.29) is 17.4 Å². The molecule has 3 radical (unpaired) electrons. The second kappa shape index (κ2) is 8.96. The van der Waals surface area contributed by atoms with Crippen molar-refractivity contribution >= 4 is 23.3 Å². The maximum absolute atomic E-state index is 10.2. The molecule has 0 unspecified atom stereocenters. The van der Waals surface area contributed by atoms with Gasteiger partial charge in [0.1, 0.15) is 0 Å². The van der Waals surface area contributed by atoms with Crippen molar-refractivity contribution < 1.29 is 14.9 Å². The monoisotopic (exact) mass is 159 g/mol. The fraction of sp³-hybridized carbons (Fsp3) is 0.833. The Bertz CT molecular complexity index is 85.1. The van der Waals surface area contributed by atoms with Crippen molar-refractivity contribution in [1.29, 1.82) is 0 Å². The largest absolute Gasteiger partial charge is 0.342 e. The normalized spacial score (nSPS) is 8.20. The molecule has 0 bridgehead atoms. The molecule has 57 valence electrons. The van der Waals surface area contributed by atoms with Gasteiger partial charge in [-0.05, 0) is 6.42 Å². The Morgan fingerprint density at radius 3 is 2.50 bits per heavy atom. The molecule has 4 heteroatoms. The fourth-order valence-corrected chi connectivity index (χ4v) is 0.565. The van der Waals surface area contributed by atoms with Crippen LogP contribution in [0.25, 0.3) is 0 Å². The summed E-state index contributed by atoms with van der Waals surface area (Å²) in [4.78, 5) is 13.7. The van der Waals surface area contributed by atoms with Crippen LogP contribution in [0.5, 0.6) is 0 Å². The fourth-order valence-electron chi connectivity index (χ4n) is 0.565. The van der Waals surface area contributed by atoms with Gasteiger partial charge in [-0.2, -0.15) is 5.26 Å². The minimum absolute atomic E-state index is 0. The van der Waals surface area contributed by atoms with E-state index in [0.717, 1.165) is 19.3 Å². The molecule has 0 fully saturated rings. The molecule has 0 aromatic rings. The predicted molar refractivity (Wildman–Crippen MR) is 38.6 cm³/mol. The van der Waals surface area contributed by atoms with Crippen LogP contribution in [-0.4, -0.2) is 28.6 Å². The molecule has 0 saturated heterocycles. The first kappa shape index (κ1) is 12.6. The van der Waals surface area contributed by atoms with Crippen LogP contribution in [0.2, 0.25) is 0 Å². The van der Waals surface area contributed by atoms with Crippen molar-refractivity contribution in [3.8, 4) is 0 Å². The SMILES string of the molecule is CCCCCC(=O)OO.[Al]. The third-order valence-corrected chi connectivity index (χ3v) is 1.09. The summed E-state index contributed by atoms with van der Waals surface area (Å²) in [6, 6.07) is 0. The summed E-state index contributed by atoms with van der Waals surface area (Å²) in [6.07, 6.45) is 3.20. The van der Waals surface area contributed by atoms with E-state index < -0.39 is 5.97 Å². The first-order valence-corrected chi connectivity index (χ1v) is 3.15. The number of hydrogen-bond acceptors (Lipinski definition) is 3. The Morgan fingerprint density at radius 2 is 2.10 bits per heavy atom. The van der Waals surface area contributed by atoms with E-state index >= 15 is 0 Å². The van der Waals surface area contributed by atoms with Crippen molar-refractivity contribution in [2.24, 2.45) is 0 Å². The summed E-state index contributed by atoms with van der Waals surface area (Å²) in [6.45, 7) is 2.05. The van der Waals surface area contributed by atoms with Gasteiger partial charge in [-0.1, -0.05) is 19.8 Å². The topological polar surface area (TPSA) is 46.5 Å². The van der Waals surface area contributed by atoms with Crippen LogP contribution in [0.4, 0.5) is 0 Å². The summed E-state index contributed by atoms with van der Waals surface area (Å²) in [5.41, 5.74) is 0. The van der Waals surface area contributed by atoms with E-state index in [0.29, 0.717) is 6.42 Å². The third-order valence-electron chi connectivity index (χ3n) is 1.09. The number of carbonyl (C=O) groups is 1. The summed E-state index contributed by atoms with van der Waals surface area (Å²) in [7, 11) is 0. The number of carbonyl (C=O) groups excluding carboxylic acids is 1. The van der Waals surface area contributed by atoms with Gasteiger partial charge in [-0.15, -0.1) is 0 Å². The molecule has 0 rings (SSSR count). The van der Waals surface area contributed by atoms with Crippen molar-refractivity contribution in [3.05, 3.63) is 0 Å². The van der Waals surface area contributed by atoms with E-state index in [1.54, 1.807) is 0 Å². The van der Waals surface area contributed by atoms with Crippen LogP contribution >= 0.6 is 0 Å². The molecule has 0 aromatic carbocycles. The highest BCUT2D eigenvalue weighted by Gasteiger charge is 1.98. The molecule has 10 heavy (non-hydrogen) atoms. The zero-order valence-corrected chi connectivity index (χ0v) is 7.32. The van der Waals surface area contributed by atoms with E-state index in [2.05, 4.69) is 4.89 Å². The van der Waals surface area contributed by atoms with Gasteiger partial charge in [0.05, 0.1) is 0 Å². The lowest BCUT2D eigenvalue weighted by molar-refractivity contribution is -0.234. The van der Waals surface area contributed by atoms with Crippen LogP contribution in [0, 0.1) is 0 Å². The number of rotatable bonds is 4. The Kier molecular flexibility index (Phi) is 11.3. The Labute approximate surface area is 71.4 Å². The summed E-state index contributed by atoms with van der Waals surface area (Å²) in [5, 5.41) is 7.78. The molecular weight excluding hydrogens is 147 g/mol. The Balaban J connectivity index is 0. The van der Waals surface area contributed by atoms with Crippen LogP contribution in [0.15, 0.2) is 0 Å². The molecule has 0 aliphatic carbocycles. The summed E-state index contributed by atoms with van der Waals surface area (Å²) < 4.78 is 0. The molecule has 0 saturated carbocycles. The zero-order valence-electron chi connectivity index (χ0n) is 6.17. The molecule has 0 aliphatic rings. The second-order valence-electron chi connectivity index (χ2n) is 1.92. The lowest BCUT2D eigenvalue weighted by Gasteiger charge is -1.93. The van der Waals surface area contributed by atoms with E-state index in [1.807, 2.05) is 6.92 Å². The zero-order chi connectivity index (χ0) is 7.11. The highest BCUT2D eigenvalue weighted by Crippen LogP contribution is 1.98. The smallest absolute Gasteiger partial charge is 0.301 e. The molecule has 0 aliphatic heterocycles. The van der Waals surface area contributed by atoms with Crippen LogP contribution in [-0.2, 0) is 9.68 Å². The minimum Gasteiger partial charge on any atom is -0.301 e. The van der Waals surface area contributed by atoms with Gasteiger partial charge >= 0.3 is 5.97 Å². The minimum atomic E-state index is -0.538. The van der Waals surface area contributed by atoms with Crippen LogP contribution in [0.1, 0.15) is 32.6 Å². The van der Waals surface area contributed by atoms with Gasteiger partial charge in [0.2, 0.25) is 0 Å². The van der Waals surface area contributed by atoms with Gasteiger partial charge in [-0.25, -0.2) is 4.79 Å². The predicted octanol–water partition coefficient (Wildman–Crippen LogP) is 1.20. The average molecular weight is 159 g/mol. The van der Waals surface area contributed by atoms with Crippen molar-refractivity contribution in [2.45, 2.75) is 32.6 Å². The molecule has 0 aromatic heterocycles. The van der Waals surface area contributed by atoms with E-state index in [1.165, 1.54) is 0 Å². The van der Waals surface area contributed by atoms with E-state index in [4.69, 9.17) is 5.26 Å². The quantitative estimate of drug-likeness (QED) is 0.290. The molecule has 3 nitrogen and oxygen atoms in total. The lowest BCUT2D eigenvalue weighted by Crippen LogP contribution is -1.99. The molecule has 0 amide bonds. The first-order valence-electron chi connectivity index (χ1n) is 3.15. The molecule has 0 heterocycles. The highest BCUT2D eigenvalue weighted by atomic mass is 27.0. The maximum Gasteiger partial charge on any atom is 0.342 e. The number of unbranched alkanes of at least 4 members (excludes halogenated alkanes) is 2. The van der Waals surface area contributed by atoms with Gasteiger partial charge in [0.15, 0.2) is 0 Å². The van der Waals surface area contributed by atoms with Gasteiger partial charge in [-0.3, -0.25) is 0 Å². The highest BCUT2D eigenvalue weighted by molar-refractivity contribution is 5.75. The number of hydrogen-bond donors (Lipinski definition) is 1. The molecule has 0 spiro atoms.